The lowest BCUT2D eigenvalue weighted by Gasteiger charge is -2.21. The average molecular weight is 434 g/mol. The summed E-state index contributed by atoms with van der Waals surface area (Å²) < 4.78 is 1.90. The highest BCUT2D eigenvalue weighted by Crippen LogP contribution is 2.26. The Kier molecular flexibility index (Phi) is 10.2. The first-order chi connectivity index (χ1) is 10.8. The molecule has 0 radical (unpaired) electrons. The van der Waals surface area contributed by atoms with E-state index < -0.39 is 0 Å². The van der Waals surface area contributed by atoms with Gasteiger partial charge in [0.15, 0.2) is 11.8 Å². The molecule has 0 unspecified atom stereocenters. The van der Waals surface area contributed by atoms with Gasteiger partial charge in [0.05, 0.1) is 0 Å². The van der Waals surface area contributed by atoms with Crippen LogP contribution in [-0.2, 0) is 13.6 Å². The smallest absolute Gasteiger partial charge is 0.191 e. The van der Waals surface area contributed by atoms with Crippen LogP contribution >= 0.6 is 24.0 Å². The molecular weight excluding hydrogens is 403 g/mol. The van der Waals surface area contributed by atoms with Crippen LogP contribution in [0.2, 0.25) is 0 Å². The molecule has 23 heavy (non-hydrogen) atoms. The van der Waals surface area contributed by atoms with Crippen LogP contribution in [0, 0.1) is 5.92 Å². The fourth-order valence-electron chi connectivity index (χ4n) is 3.02. The highest BCUT2D eigenvalue weighted by Gasteiger charge is 2.12. The van der Waals surface area contributed by atoms with Crippen molar-refractivity contribution in [2.24, 2.45) is 18.0 Å². The van der Waals surface area contributed by atoms with Crippen LogP contribution in [-0.4, -0.2) is 33.8 Å². The van der Waals surface area contributed by atoms with E-state index in [1.54, 1.807) is 6.33 Å². The summed E-state index contributed by atoms with van der Waals surface area (Å²) in [5.41, 5.74) is 0. The maximum Gasteiger partial charge on any atom is 0.191 e. The number of aromatic nitrogens is 3. The van der Waals surface area contributed by atoms with Crippen LogP contribution in [0.3, 0.4) is 0 Å². The SMILES string of the molecule is CCNC(=NCc1nncn1C)NCCCC1CCCCC1.I. The maximum atomic E-state index is 4.57. The monoisotopic (exact) mass is 434 g/mol. The van der Waals surface area contributed by atoms with Crippen molar-refractivity contribution >= 4 is 29.9 Å². The van der Waals surface area contributed by atoms with E-state index in [4.69, 9.17) is 0 Å². The standard InChI is InChI=1S/C16H30N6.HI/c1-3-17-16(19-12-15-21-20-13-22(15)2)18-11-7-10-14-8-5-4-6-9-14;/h13-14H,3-12H2,1-2H3,(H2,17,18,19);1H. The molecule has 0 spiro atoms. The van der Waals surface area contributed by atoms with Gasteiger partial charge >= 0.3 is 0 Å². The Balaban J connectivity index is 0.00000264. The normalized spacial score (nSPS) is 16.0. The lowest BCUT2D eigenvalue weighted by atomic mass is 9.86. The molecule has 7 heteroatoms. The molecule has 0 aromatic carbocycles. The molecule has 1 heterocycles. The largest absolute Gasteiger partial charge is 0.357 e. The summed E-state index contributed by atoms with van der Waals surface area (Å²) >= 11 is 0. The van der Waals surface area contributed by atoms with Crippen LogP contribution in [0.1, 0.15) is 57.7 Å². The molecule has 1 aromatic heterocycles. The van der Waals surface area contributed by atoms with E-state index in [0.29, 0.717) is 6.54 Å². The van der Waals surface area contributed by atoms with Gasteiger partial charge in [0, 0.05) is 20.1 Å². The highest BCUT2D eigenvalue weighted by molar-refractivity contribution is 14.0. The second-order valence-electron chi connectivity index (χ2n) is 6.13. The van der Waals surface area contributed by atoms with Gasteiger partial charge in [-0.25, -0.2) is 4.99 Å². The minimum atomic E-state index is 0. The minimum Gasteiger partial charge on any atom is -0.357 e. The molecule has 6 nitrogen and oxygen atoms in total. The number of halogens is 1. The Labute approximate surface area is 157 Å². The van der Waals surface area contributed by atoms with Crippen LogP contribution < -0.4 is 10.6 Å². The summed E-state index contributed by atoms with van der Waals surface area (Å²) in [7, 11) is 1.94. The van der Waals surface area contributed by atoms with Gasteiger partial charge in [-0.3, -0.25) is 0 Å². The molecule has 1 aromatic rings. The van der Waals surface area contributed by atoms with Crippen molar-refractivity contribution in [1.29, 1.82) is 0 Å². The minimum absolute atomic E-state index is 0. The Bertz CT molecular complexity index is 453. The molecule has 1 aliphatic carbocycles. The van der Waals surface area contributed by atoms with Gasteiger partial charge < -0.3 is 15.2 Å². The van der Waals surface area contributed by atoms with Crippen LogP contribution in [0.25, 0.3) is 0 Å². The van der Waals surface area contributed by atoms with Gasteiger partial charge in [-0.05, 0) is 25.7 Å². The van der Waals surface area contributed by atoms with Gasteiger partial charge in [0.1, 0.15) is 12.9 Å². The lowest BCUT2D eigenvalue weighted by Crippen LogP contribution is -2.38. The van der Waals surface area contributed by atoms with E-state index in [1.807, 2.05) is 11.6 Å². The summed E-state index contributed by atoms with van der Waals surface area (Å²) in [5.74, 6) is 2.70. The van der Waals surface area contributed by atoms with Gasteiger partial charge in [-0.2, -0.15) is 0 Å². The first kappa shape index (κ1) is 20.2. The van der Waals surface area contributed by atoms with E-state index in [1.165, 1.54) is 44.9 Å². The van der Waals surface area contributed by atoms with Crippen molar-refractivity contribution in [2.45, 2.75) is 58.4 Å². The fourth-order valence-corrected chi connectivity index (χ4v) is 3.02. The number of rotatable bonds is 7. The molecule has 1 fully saturated rings. The molecule has 2 rings (SSSR count). The molecule has 1 aliphatic rings. The van der Waals surface area contributed by atoms with E-state index in [0.717, 1.165) is 30.8 Å². The van der Waals surface area contributed by atoms with Gasteiger partial charge in [-0.1, -0.05) is 32.1 Å². The van der Waals surface area contributed by atoms with E-state index in [-0.39, 0.29) is 24.0 Å². The summed E-state index contributed by atoms with van der Waals surface area (Å²) in [6.45, 7) is 4.49. The van der Waals surface area contributed by atoms with Crippen molar-refractivity contribution < 1.29 is 0 Å². The third-order valence-electron chi connectivity index (χ3n) is 4.33. The molecule has 0 atom stereocenters. The predicted octanol–water partition coefficient (Wildman–Crippen LogP) is 2.85. The zero-order valence-corrected chi connectivity index (χ0v) is 16.8. The molecular formula is C16H31IN6. The molecule has 0 bridgehead atoms. The molecule has 0 aliphatic heterocycles. The Morgan fingerprint density at radius 3 is 2.74 bits per heavy atom. The number of aliphatic imine (C=N–C) groups is 1. The summed E-state index contributed by atoms with van der Waals surface area (Å²) in [4.78, 5) is 4.57. The molecule has 1 saturated carbocycles. The first-order valence-electron chi connectivity index (χ1n) is 8.64. The third kappa shape index (κ3) is 7.50. The zero-order chi connectivity index (χ0) is 15.6. The van der Waals surface area contributed by atoms with Crippen molar-refractivity contribution in [1.82, 2.24) is 25.4 Å². The lowest BCUT2D eigenvalue weighted by molar-refractivity contribution is 0.332. The van der Waals surface area contributed by atoms with Gasteiger partial charge in [0.2, 0.25) is 0 Å². The Morgan fingerprint density at radius 1 is 1.30 bits per heavy atom. The molecule has 0 saturated heterocycles. The number of nitrogens with one attached hydrogen (secondary N) is 2. The Hall–Kier alpha value is -0.860. The number of hydrogen-bond donors (Lipinski definition) is 2. The predicted molar refractivity (Wildman–Crippen MR) is 105 cm³/mol. The van der Waals surface area contributed by atoms with E-state index in [9.17, 15) is 0 Å². The number of guanidine groups is 1. The van der Waals surface area contributed by atoms with Gasteiger partial charge in [-0.15, -0.1) is 34.2 Å². The van der Waals surface area contributed by atoms with Crippen molar-refractivity contribution in [2.75, 3.05) is 13.1 Å². The zero-order valence-electron chi connectivity index (χ0n) is 14.4. The third-order valence-corrected chi connectivity index (χ3v) is 4.33. The van der Waals surface area contributed by atoms with Crippen molar-refractivity contribution in [3.8, 4) is 0 Å². The summed E-state index contributed by atoms with van der Waals surface area (Å²) in [6.07, 6.45) is 11.4. The molecule has 2 N–H and O–H groups in total. The van der Waals surface area contributed by atoms with Crippen LogP contribution in [0.15, 0.2) is 11.3 Å². The quantitative estimate of drug-likeness (QED) is 0.300. The summed E-state index contributed by atoms with van der Waals surface area (Å²) in [5, 5.41) is 14.6. The second kappa shape index (κ2) is 11.6. The first-order valence-corrected chi connectivity index (χ1v) is 8.64. The molecule has 132 valence electrons. The topological polar surface area (TPSA) is 67.1 Å². The van der Waals surface area contributed by atoms with E-state index >= 15 is 0 Å². The van der Waals surface area contributed by atoms with Gasteiger partial charge in [0.25, 0.3) is 0 Å². The van der Waals surface area contributed by atoms with Crippen molar-refractivity contribution in [3.05, 3.63) is 12.2 Å². The Morgan fingerprint density at radius 2 is 2.09 bits per heavy atom. The highest BCUT2D eigenvalue weighted by atomic mass is 127. The van der Waals surface area contributed by atoms with Crippen LogP contribution in [0.4, 0.5) is 0 Å². The second-order valence-corrected chi connectivity index (χ2v) is 6.13. The van der Waals surface area contributed by atoms with Crippen LogP contribution in [0.5, 0.6) is 0 Å². The summed E-state index contributed by atoms with van der Waals surface area (Å²) in [6, 6.07) is 0. The van der Waals surface area contributed by atoms with E-state index in [2.05, 4.69) is 32.7 Å². The number of aryl methyl sites for hydroxylation is 1. The van der Waals surface area contributed by atoms with Crippen molar-refractivity contribution in [3.63, 3.8) is 0 Å². The maximum absolute atomic E-state index is 4.57. The number of hydrogen-bond acceptors (Lipinski definition) is 3. The molecule has 0 amide bonds. The average Bonchev–Trinajstić information content (AvgIpc) is 2.95. The fraction of sp³-hybridized carbons (Fsp3) is 0.812. The number of nitrogens with zero attached hydrogens (tertiary/aromatic N) is 4.